The molecule has 2 aromatic carbocycles. The number of halogens is 2. The van der Waals surface area contributed by atoms with Gasteiger partial charge in [0.2, 0.25) is 0 Å². The molecular formula is C21H25ClIN5O. The van der Waals surface area contributed by atoms with Gasteiger partial charge in [0.1, 0.15) is 0 Å². The predicted octanol–water partition coefficient (Wildman–Crippen LogP) is 3.58. The van der Waals surface area contributed by atoms with Gasteiger partial charge in [-0.15, -0.1) is 24.0 Å². The number of hydrogen-bond acceptors (Lipinski definition) is 3. The molecule has 1 unspecified atom stereocenters. The molecule has 0 bridgehead atoms. The number of aliphatic hydroxyl groups is 1. The number of benzene rings is 2. The first-order chi connectivity index (χ1) is 13.7. The summed E-state index contributed by atoms with van der Waals surface area (Å²) in [5.74, 6) is 0.682. The van der Waals surface area contributed by atoms with E-state index in [4.69, 9.17) is 11.6 Å². The molecule has 0 saturated heterocycles. The molecular weight excluding hydrogens is 501 g/mol. The summed E-state index contributed by atoms with van der Waals surface area (Å²) in [5, 5.41) is 21.3. The Balaban J connectivity index is 0.00000300. The minimum atomic E-state index is 0. The average molecular weight is 526 g/mol. The minimum absolute atomic E-state index is 0. The number of guanidine groups is 1. The maximum atomic E-state index is 9.68. The van der Waals surface area contributed by atoms with E-state index in [0.29, 0.717) is 24.1 Å². The fourth-order valence-electron chi connectivity index (χ4n) is 2.83. The molecule has 0 fully saturated rings. The SMILES string of the molecule is CN=C(NCc1cnn(-c2ccc(Cl)cc2)c1)NCC(CO)c1ccccc1.I. The van der Waals surface area contributed by atoms with Gasteiger partial charge in [-0.1, -0.05) is 41.9 Å². The van der Waals surface area contributed by atoms with Crippen LogP contribution in [0.3, 0.4) is 0 Å². The zero-order valence-corrected chi connectivity index (χ0v) is 19.2. The Hall–Kier alpha value is -2.10. The largest absolute Gasteiger partial charge is 0.396 e. The summed E-state index contributed by atoms with van der Waals surface area (Å²) in [6, 6.07) is 17.5. The van der Waals surface area contributed by atoms with Gasteiger partial charge in [0.05, 0.1) is 18.5 Å². The van der Waals surface area contributed by atoms with E-state index in [1.807, 2.05) is 67.0 Å². The van der Waals surface area contributed by atoms with Crippen molar-refractivity contribution in [1.82, 2.24) is 20.4 Å². The second-order valence-electron chi connectivity index (χ2n) is 6.37. The Kier molecular flexibility index (Phi) is 9.43. The molecule has 0 aliphatic carbocycles. The Morgan fingerprint density at radius 2 is 1.86 bits per heavy atom. The summed E-state index contributed by atoms with van der Waals surface area (Å²) in [4.78, 5) is 4.25. The van der Waals surface area contributed by atoms with Gasteiger partial charge in [0.25, 0.3) is 0 Å². The van der Waals surface area contributed by atoms with E-state index in [1.54, 1.807) is 11.7 Å². The summed E-state index contributed by atoms with van der Waals surface area (Å²) >= 11 is 5.93. The molecule has 0 amide bonds. The quantitative estimate of drug-likeness (QED) is 0.250. The molecule has 1 atom stereocenters. The first kappa shape index (κ1) is 23.2. The molecule has 0 aliphatic heterocycles. The van der Waals surface area contributed by atoms with E-state index in [1.165, 1.54) is 0 Å². The van der Waals surface area contributed by atoms with Crippen LogP contribution in [0, 0.1) is 0 Å². The van der Waals surface area contributed by atoms with Crippen LogP contribution in [0.4, 0.5) is 0 Å². The number of aliphatic imine (C=N–C) groups is 1. The third kappa shape index (κ3) is 6.73. The fraction of sp³-hybridized carbons (Fsp3) is 0.238. The van der Waals surface area contributed by atoms with Gasteiger partial charge in [-0.3, -0.25) is 4.99 Å². The maximum absolute atomic E-state index is 9.68. The number of aliphatic hydroxyl groups excluding tert-OH is 1. The van der Waals surface area contributed by atoms with Crippen molar-refractivity contribution in [3.8, 4) is 5.69 Å². The zero-order chi connectivity index (χ0) is 19.8. The van der Waals surface area contributed by atoms with Crippen LogP contribution in [0.1, 0.15) is 17.0 Å². The third-order valence-corrected chi connectivity index (χ3v) is 4.67. The second-order valence-corrected chi connectivity index (χ2v) is 6.80. The molecule has 6 nitrogen and oxygen atoms in total. The van der Waals surface area contributed by atoms with Crippen molar-refractivity contribution in [2.45, 2.75) is 12.5 Å². The van der Waals surface area contributed by atoms with E-state index in [9.17, 15) is 5.11 Å². The number of rotatable bonds is 7. The minimum Gasteiger partial charge on any atom is -0.396 e. The maximum Gasteiger partial charge on any atom is 0.191 e. The lowest BCUT2D eigenvalue weighted by Crippen LogP contribution is -2.39. The highest BCUT2D eigenvalue weighted by atomic mass is 127. The summed E-state index contributed by atoms with van der Waals surface area (Å²) in [6.45, 7) is 1.24. The van der Waals surface area contributed by atoms with Gasteiger partial charge in [-0.25, -0.2) is 4.68 Å². The first-order valence-electron chi connectivity index (χ1n) is 9.09. The van der Waals surface area contributed by atoms with Crippen LogP contribution in [0.15, 0.2) is 72.0 Å². The van der Waals surface area contributed by atoms with Gasteiger partial charge in [0, 0.05) is 42.8 Å². The van der Waals surface area contributed by atoms with Gasteiger partial charge >= 0.3 is 0 Å². The first-order valence-corrected chi connectivity index (χ1v) is 9.47. The van der Waals surface area contributed by atoms with Crippen molar-refractivity contribution in [3.05, 3.63) is 83.1 Å². The topological polar surface area (TPSA) is 74.5 Å². The highest BCUT2D eigenvalue weighted by Crippen LogP contribution is 2.14. The molecule has 0 radical (unpaired) electrons. The average Bonchev–Trinajstić information content (AvgIpc) is 3.21. The summed E-state index contributed by atoms with van der Waals surface area (Å²) < 4.78 is 1.81. The fourth-order valence-corrected chi connectivity index (χ4v) is 2.95. The van der Waals surface area contributed by atoms with Crippen molar-refractivity contribution in [3.63, 3.8) is 0 Å². The molecule has 3 N–H and O–H groups in total. The molecule has 0 aliphatic rings. The van der Waals surface area contributed by atoms with Crippen LogP contribution in [0.2, 0.25) is 5.02 Å². The predicted molar refractivity (Wildman–Crippen MR) is 128 cm³/mol. The van der Waals surface area contributed by atoms with Crippen molar-refractivity contribution >= 4 is 41.5 Å². The zero-order valence-electron chi connectivity index (χ0n) is 16.1. The van der Waals surface area contributed by atoms with Crippen molar-refractivity contribution in [1.29, 1.82) is 0 Å². The normalized spacial score (nSPS) is 12.2. The lowest BCUT2D eigenvalue weighted by atomic mass is 10.0. The number of aromatic nitrogens is 2. The molecule has 1 heterocycles. The lowest BCUT2D eigenvalue weighted by Gasteiger charge is -2.18. The molecule has 0 saturated carbocycles. The Bertz CT molecular complexity index is 899. The molecule has 0 spiro atoms. The van der Waals surface area contributed by atoms with Crippen LogP contribution < -0.4 is 10.6 Å². The highest BCUT2D eigenvalue weighted by Gasteiger charge is 2.11. The monoisotopic (exact) mass is 525 g/mol. The van der Waals surface area contributed by atoms with Crippen LogP contribution in [-0.2, 0) is 6.54 Å². The standard InChI is InChI=1S/C21H24ClN5O.HI/c1-23-21(25-13-18(15-28)17-5-3-2-4-6-17)24-11-16-12-26-27(14-16)20-9-7-19(22)8-10-20;/h2-10,12,14,18,28H,11,13,15H2,1H3,(H2,23,24,25);1H. The van der Waals surface area contributed by atoms with Crippen molar-refractivity contribution in [2.24, 2.45) is 4.99 Å². The molecule has 1 aromatic heterocycles. The van der Waals surface area contributed by atoms with Crippen LogP contribution in [0.5, 0.6) is 0 Å². The third-order valence-electron chi connectivity index (χ3n) is 4.42. The van der Waals surface area contributed by atoms with Gasteiger partial charge in [-0.05, 0) is 29.8 Å². The smallest absolute Gasteiger partial charge is 0.191 e. The van der Waals surface area contributed by atoms with Crippen LogP contribution in [-0.4, -0.2) is 41.0 Å². The van der Waals surface area contributed by atoms with Crippen molar-refractivity contribution < 1.29 is 5.11 Å². The van der Waals surface area contributed by atoms with E-state index in [0.717, 1.165) is 16.8 Å². The Morgan fingerprint density at radius 3 is 2.52 bits per heavy atom. The second kappa shape index (κ2) is 11.8. The Morgan fingerprint density at radius 1 is 1.14 bits per heavy atom. The summed E-state index contributed by atoms with van der Waals surface area (Å²) in [5.41, 5.74) is 3.07. The summed E-state index contributed by atoms with van der Waals surface area (Å²) in [7, 11) is 1.73. The van der Waals surface area contributed by atoms with E-state index in [2.05, 4.69) is 20.7 Å². The number of nitrogens with one attached hydrogen (secondary N) is 2. The molecule has 8 heteroatoms. The van der Waals surface area contributed by atoms with Crippen LogP contribution >= 0.6 is 35.6 Å². The molecule has 3 rings (SSSR count). The number of hydrogen-bond donors (Lipinski definition) is 3. The van der Waals surface area contributed by atoms with Gasteiger partial charge < -0.3 is 15.7 Å². The van der Waals surface area contributed by atoms with E-state index >= 15 is 0 Å². The number of nitrogens with zero attached hydrogens (tertiary/aromatic N) is 3. The van der Waals surface area contributed by atoms with Crippen LogP contribution in [0.25, 0.3) is 5.69 Å². The van der Waals surface area contributed by atoms with Gasteiger partial charge in [-0.2, -0.15) is 5.10 Å². The van der Waals surface area contributed by atoms with E-state index < -0.39 is 0 Å². The molecule has 29 heavy (non-hydrogen) atoms. The highest BCUT2D eigenvalue weighted by molar-refractivity contribution is 14.0. The van der Waals surface area contributed by atoms with Crippen molar-refractivity contribution in [2.75, 3.05) is 20.2 Å². The van der Waals surface area contributed by atoms with Gasteiger partial charge in [0.15, 0.2) is 5.96 Å². The summed E-state index contributed by atoms with van der Waals surface area (Å²) in [6.07, 6.45) is 3.78. The Labute approximate surface area is 193 Å². The van der Waals surface area contributed by atoms with E-state index in [-0.39, 0.29) is 36.5 Å². The lowest BCUT2D eigenvalue weighted by molar-refractivity contribution is 0.265. The molecule has 154 valence electrons. The molecule has 3 aromatic rings.